The van der Waals surface area contributed by atoms with Crippen LogP contribution in [0.15, 0.2) is 73.3 Å². The number of nitrogens with zero attached hydrogens (tertiary/aromatic N) is 2. The maximum Gasteiger partial charge on any atom is 0.202 e. The zero-order valence-electron chi connectivity index (χ0n) is 11.6. The summed E-state index contributed by atoms with van der Waals surface area (Å²) in [5.74, 6) is -0.422. The Balaban J connectivity index is 2.07. The summed E-state index contributed by atoms with van der Waals surface area (Å²) in [7, 11) is 0. The first kappa shape index (κ1) is 12.7. The number of rotatable bonds is 2. The van der Waals surface area contributed by atoms with Gasteiger partial charge in [-0.05, 0) is 5.56 Å². The third-order valence-corrected chi connectivity index (χ3v) is 4.16. The Morgan fingerprint density at radius 1 is 0.818 bits per heavy atom. The topological polar surface area (TPSA) is 52.0 Å². The van der Waals surface area contributed by atoms with Gasteiger partial charge in [0.25, 0.3) is 0 Å². The lowest BCUT2D eigenvalue weighted by atomic mass is 9.84. The fourth-order valence-electron chi connectivity index (χ4n) is 3.15. The van der Waals surface area contributed by atoms with E-state index in [9.17, 15) is 9.59 Å². The standard InChI is InChI=1S/C18H12N2O2/c21-16-14-8-4-5-9-15(14)17(22)18(16,20-11-10-19-12-20)13-6-2-1-3-7-13/h1-12H. The van der Waals surface area contributed by atoms with Crippen LogP contribution in [0.3, 0.4) is 0 Å². The number of carbonyl (C=O) groups is 2. The van der Waals surface area contributed by atoms with Crippen molar-refractivity contribution in [1.82, 2.24) is 9.55 Å². The molecule has 3 aromatic rings. The van der Waals surface area contributed by atoms with Gasteiger partial charge in [-0.2, -0.15) is 0 Å². The minimum atomic E-state index is -1.39. The first-order valence-electron chi connectivity index (χ1n) is 6.99. The van der Waals surface area contributed by atoms with E-state index < -0.39 is 5.54 Å². The maximum atomic E-state index is 13.2. The molecule has 0 saturated heterocycles. The van der Waals surface area contributed by atoms with E-state index in [0.717, 1.165) is 0 Å². The van der Waals surface area contributed by atoms with Gasteiger partial charge in [-0.15, -0.1) is 0 Å². The first-order valence-corrected chi connectivity index (χ1v) is 6.99. The summed E-state index contributed by atoms with van der Waals surface area (Å²) in [6, 6.07) is 16.1. The number of hydrogen-bond donors (Lipinski definition) is 0. The zero-order valence-corrected chi connectivity index (χ0v) is 11.6. The van der Waals surface area contributed by atoms with Crippen LogP contribution in [0.2, 0.25) is 0 Å². The Hall–Kier alpha value is -3.01. The summed E-state index contributed by atoms with van der Waals surface area (Å²) >= 11 is 0. The maximum absolute atomic E-state index is 13.2. The van der Waals surface area contributed by atoms with Crippen molar-refractivity contribution in [2.24, 2.45) is 0 Å². The first-order chi connectivity index (χ1) is 10.8. The second-order valence-corrected chi connectivity index (χ2v) is 5.25. The molecule has 4 heteroatoms. The second-order valence-electron chi connectivity index (χ2n) is 5.25. The molecule has 0 bridgehead atoms. The molecule has 0 N–H and O–H groups in total. The molecule has 4 rings (SSSR count). The summed E-state index contributed by atoms with van der Waals surface area (Å²) in [4.78, 5) is 30.3. The average molecular weight is 288 g/mol. The SMILES string of the molecule is O=C1c2ccccc2C(=O)C1(c1ccccc1)n1ccnc1. The highest BCUT2D eigenvalue weighted by Gasteiger charge is 2.55. The number of aromatic nitrogens is 2. The summed E-state index contributed by atoms with van der Waals surface area (Å²) in [6.45, 7) is 0. The predicted octanol–water partition coefficient (Wildman–Crippen LogP) is 2.71. The van der Waals surface area contributed by atoms with E-state index in [2.05, 4.69) is 4.98 Å². The molecule has 0 atom stereocenters. The summed E-state index contributed by atoms with van der Waals surface area (Å²) < 4.78 is 1.60. The van der Waals surface area contributed by atoms with E-state index in [1.165, 1.54) is 6.33 Å². The largest absolute Gasteiger partial charge is 0.313 e. The lowest BCUT2D eigenvalue weighted by molar-refractivity contribution is 0.0761. The van der Waals surface area contributed by atoms with Crippen LogP contribution in [0.25, 0.3) is 0 Å². The summed E-state index contributed by atoms with van der Waals surface area (Å²) in [5.41, 5.74) is 0.191. The van der Waals surface area contributed by atoms with Gasteiger partial charge in [0.2, 0.25) is 11.6 Å². The highest BCUT2D eigenvalue weighted by atomic mass is 16.2. The molecule has 1 aliphatic rings. The van der Waals surface area contributed by atoms with Gasteiger partial charge < -0.3 is 4.57 Å². The Bertz CT molecular complexity index is 832. The smallest absolute Gasteiger partial charge is 0.202 e. The molecule has 0 unspecified atom stereocenters. The van der Waals surface area contributed by atoms with Gasteiger partial charge in [-0.25, -0.2) is 4.98 Å². The number of hydrogen-bond acceptors (Lipinski definition) is 3. The van der Waals surface area contributed by atoms with Crippen LogP contribution < -0.4 is 0 Å². The van der Waals surface area contributed by atoms with Crippen LogP contribution in [-0.4, -0.2) is 21.1 Å². The van der Waals surface area contributed by atoms with Crippen molar-refractivity contribution in [2.75, 3.05) is 0 Å². The van der Waals surface area contributed by atoms with Crippen molar-refractivity contribution in [1.29, 1.82) is 0 Å². The number of benzene rings is 2. The number of imidazole rings is 1. The van der Waals surface area contributed by atoms with Crippen LogP contribution in [0.1, 0.15) is 26.3 Å². The fraction of sp³-hybridized carbons (Fsp3) is 0.0556. The monoisotopic (exact) mass is 288 g/mol. The highest BCUT2D eigenvalue weighted by molar-refractivity contribution is 6.33. The van der Waals surface area contributed by atoms with Gasteiger partial charge in [0.05, 0.1) is 6.33 Å². The van der Waals surface area contributed by atoms with Gasteiger partial charge in [0.1, 0.15) is 0 Å². The van der Waals surface area contributed by atoms with Crippen molar-refractivity contribution < 1.29 is 9.59 Å². The number of ketones is 2. The van der Waals surface area contributed by atoms with Gasteiger partial charge >= 0.3 is 0 Å². The van der Waals surface area contributed by atoms with Crippen molar-refractivity contribution >= 4 is 11.6 Å². The Morgan fingerprint density at radius 2 is 1.41 bits per heavy atom. The quantitative estimate of drug-likeness (QED) is 0.681. The Labute approximate surface area is 127 Å². The molecule has 22 heavy (non-hydrogen) atoms. The molecule has 1 aromatic heterocycles. The van der Waals surface area contributed by atoms with Crippen molar-refractivity contribution in [3.63, 3.8) is 0 Å². The molecule has 1 heterocycles. The lowest BCUT2D eigenvalue weighted by Crippen LogP contribution is -2.44. The minimum Gasteiger partial charge on any atom is -0.313 e. The summed E-state index contributed by atoms with van der Waals surface area (Å²) in [6.07, 6.45) is 4.76. The van der Waals surface area contributed by atoms with Crippen molar-refractivity contribution in [3.8, 4) is 0 Å². The summed E-state index contributed by atoms with van der Waals surface area (Å²) in [5, 5.41) is 0. The normalized spacial score (nSPS) is 15.8. The molecule has 106 valence electrons. The zero-order chi connectivity index (χ0) is 15.2. The molecule has 0 aliphatic heterocycles. The van der Waals surface area contributed by atoms with Crippen molar-refractivity contribution in [3.05, 3.63) is 90.0 Å². The Kier molecular flexibility index (Phi) is 2.60. The molecule has 0 radical (unpaired) electrons. The fourth-order valence-corrected chi connectivity index (χ4v) is 3.15. The minimum absolute atomic E-state index is 0.211. The van der Waals surface area contributed by atoms with Gasteiger partial charge in [0.15, 0.2) is 5.54 Å². The van der Waals surface area contributed by atoms with Gasteiger partial charge in [0, 0.05) is 23.5 Å². The third kappa shape index (κ3) is 1.44. The molecule has 4 nitrogen and oxygen atoms in total. The molecule has 0 amide bonds. The third-order valence-electron chi connectivity index (χ3n) is 4.16. The molecule has 2 aromatic carbocycles. The molecule has 1 aliphatic carbocycles. The van der Waals surface area contributed by atoms with Crippen LogP contribution >= 0.6 is 0 Å². The van der Waals surface area contributed by atoms with Crippen molar-refractivity contribution in [2.45, 2.75) is 5.54 Å². The van der Waals surface area contributed by atoms with Crippen LogP contribution in [0, 0.1) is 0 Å². The van der Waals surface area contributed by atoms with Crippen LogP contribution in [-0.2, 0) is 5.54 Å². The highest BCUT2D eigenvalue weighted by Crippen LogP contribution is 2.40. The molecule has 0 fully saturated rings. The van der Waals surface area contributed by atoms with E-state index in [4.69, 9.17) is 0 Å². The van der Waals surface area contributed by atoms with E-state index in [1.54, 1.807) is 41.2 Å². The van der Waals surface area contributed by atoms with Crippen LogP contribution in [0.4, 0.5) is 0 Å². The van der Waals surface area contributed by atoms with E-state index in [-0.39, 0.29) is 11.6 Å². The molecular weight excluding hydrogens is 276 g/mol. The predicted molar refractivity (Wildman–Crippen MR) is 80.8 cm³/mol. The second kappa shape index (κ2) is 4.49. The van der Waals surface area contributed by atoms with Crippen LogP contribution in [0.5, 0.6) is 0 Å². The van der Waals surface area contributed by atoms with E-state index >= 15 is 0 Å². The number of carbonyl (C=O) groups excluding carboxylic acids is 2. The van der Waals surface area contributed by atoms with Gasteiger partial charge in [-0.3, -0.25) is 9.59 Å². The van der Waals surface area contributed by atoms with E-state index in [0.29, 0.717) is 16.7 Å². The lowest BCUT2D eigenvalue weighted by Gasteiger charge is -2.27. The van der Waals surface area contributed by atoms with E-state index in [1.807, 2.05) is 30.3 Å². The number of fused-ring (bicyclic) bond motifs is 1. The number of Topliss-reactive ketones (excluding diaryl/α,β-unsaturated/α-hetero) is 2. The molecule has 0 spiro atoms. The van der Waals surface area contributed by atoms with Gasteiger partial charge in [-0.1, -0.05) is 54.6 Å². The Morgan fingerprint density at radius 3 is 1.95 bits per heavy atom. The molecular formula is C18H12N2O2. The molecule has 0 saturated carbocycles. The average Bonchev–Trinajstić information content (AvgIpc) is 3.17.